The first-order valence-corrected chi connectivity index (χ1v) is 10.7. The molecule has 8 heteroatoms. The molecule has 31 heavy (non-hydrogen) atoms. The first kappa shape index (κ1) is 22.7. The van der Waals surface area contributed by atoms with Gasteiger partial charge in [-0.05, 0) is 39.2 Å². The zero-order chi connectivity index (χ0) is 22.7. The van der Waals surface area contributed by atoms with Crippen LogP contribution in [0.2, 0.25) is 0 Å². The van der Waals surface area contributed by atoms with Gasteiger partial charge in [0.05, 0.1) is 23.9 Å². The Balaban J connectivity index is 2.17. The third-order valence-electron chi connectivity index (χ3n) is 5.09. The number of aromatic amines is 1. The van der Waals surface area contributed by atoms with Crippen molar-refractivity contribution >= 4 is 22.6 Å². The van der Waals surface area contributed by atoms with Gasteiger partial charge < -0.3 is 15.0 Å². The Hall–Kier alpha value is -3.00. The lowest BCUT2D eigenvalue weighted by atomic mass is 10.0. The second-order valence-corrected chi connectivity index (χ2v) is 8.47. The van der Waals surface area contributed by atoms with Gasteiger partial charge in [0, 0.05) is 18.2 Å². The van der Waals surface area contributed by atoms with E-state index in [1.807, 2.05) is 24.3 Å². The van der Waals surface area contributed by atoms with E-state index in [1.165, 1.54) is 0 Å². The fourth-order valence-corrected chi connectivity index (χ4v) is 3.60. The lowest BCUT2D eigenvalue weighted by molar-refractivity contribution is 0.101. The van der Waals surface area contributed by atoms with Crippen LogP contribution in [0.4, 0.5) is 5.82 Å². The van der Waals surface area contributed by atoms with E-state index in [4.69, 9.17) is 4.98 Å². The zero-order valence-electron chi connectivity index (χ0n) is 19.1. The van der Waals surface area contributed by atoms with Crippen LogP contribution < -0.4 is 10.9 Å². The molecule has 0 aliphatic rings. The number of aliphatic hydroxyl groups excluding tert-OH is 1. The van der Waals surface area contributed by atoms with Crippen molar-refractivity contribution < 1.29 is 9.90 Å². The summed E-state index contributed by atoms with van der Waals surface area (Å²) in [5, 5.41) is 20.9. The molecular formula is C23H32N6O2. The van der Waals surface area contributed by atoms with Crippen molar-refractivity contribution in [3.8, 4) is 0 Å². The first-order valence-electron chi connectivity index (χ1n) is 10.7. The number of hydrogen-bond acceptors (Lipinski definition) is 6. The number of anilines is 1. The summed E-state index contributed by atoms with van der Waals surface area (Å²) < 4.78 is 2.06. The molecule has 3 N–H and O–H groups in total. The predicted octanol–water partition coefficient (Wildman–Crippen LogP) is 3.56. The average molecular weight is 425 g/mol. The van der Waals surface area contributed by atoms with Crippen LogP contribution in [-0.4, -0.2) is 43.3 Å². The van der Waals surface area contributed by atoms with Crippen LogP contribution in [0.1, 0.15) is 75.1 Å². The van der Waals surface area contributed by atoms with Crippen molar-refractivity contribution in [1.82, 2.24) is 19.7 Å². The lowest BCUT2D eigenvalue weighted by Crippen LogP contribution is -2.29. The molecular weight excluding hydrogens is 392 g/mol. The number of aromatic nitrogens is 4. The Morgan fingerprint density at radius 3 is 2.55 bits per heavy atom. The number of H-pyrrole nitrogens is 1. The number of nitrogens with one attached hydrogen (secondary N) is 2. The third kappa shape index (κ3) is 4.85. The number of fused-ring (bicyclic) bond motifs is 1. The number of benzene rings is 1. The molecule has 0 fully saturated rings. The van der Waals surface area contributed by atoms with Crippen LogP contribution in [-0.2, 0) is 6.54 Å². The van der Waals surface area contributed by atoms with E-state index in [-0.39, 0.29) is 24.3 Å². The average Bonchev–Trinajstić information content (AvgIpc) is 3.15. The Bertz CT molecular complexity index is 1140. The molecule has 0 radical (unpaired) electrons. The molecule has 0 amide bonds. The minimum Gasteiger partial charge on any atom is -0.391 e. The highest BCUT2D eigenvalue weighted by atomic mass is 16.3. The number of rotatable bonds is 8. The Labute approximate surface area is 182 Å². The number of Topliss-reactive ketones (excluding diaryl/α,β-unsaturated/α-hetero) is 1. The van der Waals surface area contributed by atoms with E-state index < -0.39 is 6.10 Å². The molecule has 0 saturated heterocycles. The van der Waals surface area contributed by atoms with Crippen molar-refractivity contribution in [2.75, 3.05) is 11.9 Å². The summed E-state index contributed by atoms with van der Waals surface area (Å²) >= 11 is 0. The Kier molecular flexibility index (Phi) is 6.90. The number of aliphatic hydroxyl groups is 1. The van der Waals surface area contributed by atoms with Gasteiger partial charge in [-0.25, -0.2) is 4.99 Å². The fourth-order valence-electron chi connectivity index (χ4n) is 3.60. The van der Waals surface area contributed by atoms with Crippen molar-refractivity contribution in [3.05, 3.63) is 46.7 Å². The van der Waals surface area contributed by atoms with E-state index in [1.54, 1.807) is 13.8 Å². The van der Waals surface area contributed by atoms with Crippen LogP contribution >= 0.6 is 0 Å². The van der Waals surface area contributed by atoms with Gasteiger partial charge >= 0.3 is 0 Å². The number of nitrogens with zero attached hydrogens (tertiary/aromatic N) is 4. The normalized spacial score (nSPS) is 13.4. The molecule has 166 valence electrons. The standard InChI is InChI=1S/C23H32N6O2/c1-13(2)19-21-20(28-27-19)22(24-12-17-9-7-8-10-18(17)16(6)31)26-23(25-11-15(5)30)29(21)14(3)4/h7-10,13-15,30H,11-12H2,1-6H3,(H,27,28)(H,24,25,26). The molecule has 0 spiro atoms. The third-order valence-corrected chi connectivity index (χ3v) is 5.09. The van der Waals surface area contributed by atoms with Gasteiger partial charge in [0.2, 0.25) is 5.62 Å². The van der Waals surface area contributed by atoms with E-state index >= 15 is 0 Å². The summed E-state index contributed by atoms with van der Waals surface area (Å²) in [6.07, 6.45) is -0.564. The fraction of sp³-hybridized carbons (Fsp3) is 0.478. The molecule has 0 bridgehead atoms. The molecule has 0 aliphatic carbocycles. The zero-order valence-corrected chi connectivity index (χ0v) is 19.1. The Morgan fingerprint density at radius 1 is 1.23 bits per heavy atom. The lowest BCUT2D eigenvalue weighted by Gasteiger charge is -2.17. The van der Waals surface area contributed by atoms with Gasteiger partial charge in [0.15, 0.2) is 17.1 Å². The van der Waals surface area contributed by atoms with Crippen LogP contribution in [0.5, 0.6) is 0 Å². The molecule has 3 aromatic rings. The van der Waals surface area contributed by atoms with Crippen molar-refractivity contribution in [1.29, 1.82) is 0 Å². The van der Waals surface area contributed by atoms with Crippen molar-refractivity contribution in [2.45, 2.75) is 66.2 Å². The SMILES string of the molecule is CC(=O)c1ccccc1CNc1nc(=NCC(C)O)n(C(C)C)c2c(C(C)C)[nH]nc12. The molecule has 3 rings (SSSR count). The maximum atomic E-state index is 12.0. The van der Waals surface area contributed by atoms with Crippen LogP contribution in [0, 0.1) is 0 Å². The molecule has 8 nitrogen and oxygen atoms in total. The summed E-state index contributed by atoms with van der Waals surface area (Å²) in [6.45, 7) is 12.3. The highest BCUT2D eigenvalue weighted by Gasteiger charge is 2.20. The first-order chi connectivity index (χ1) is 14.7. The molecule has 2 heterocycles. The predicted molar refractivity (Wildman–Crippen MR) is 122 cm³/mol. The van der Waals surface area contributed by atoms with Crippen molar-refractivity contribution in [2.24, 2.45) is 4.99 Å². The largest absolute Gasteiger partial charge is 0.391 e. The molecule has 0 saturated carbocycles. The number of hydrogen-bond donors (Lipinski definition) is 3. The summed E-state index contributed by atoms with van der Waals surface area (Å²) in [7, 11) is 0. The van der Waals surface area contributed by atoms with Gasteiger partial charge in [-0.3, -0.25) is 9.89 Å². The second-order valence-electron chi connectivity index (χ2n) is 8.47. The quantitative estimate of drug-likeness (QED) is 0.479. The number of carbonyl (C=O) groups excluding carboxylic acids is 1. The van der Waals surface area contributed by atoms with Crippen LogP contribution in [0.3, 0.4) is 0 Å². The summed E-state index contributed by atoms with van der Waals surface area (Å²) in [6, 6.07) is 7.64. The highest BCUT2D eigenvalue weighted by molar-refractivity contribution is 5.95. The van der Waals surface area contributed by atoms with Gasteiger partial charge in [0.25, 0.3) is 0 Å². The maximum Gasteiger partial charge on any atom is 0.227 e. The van der Waals surface area contributed by atoms with E-state index in [0.717, 1.165) is 22.3 Å². The number of ketones is 1. The number of carbonyl (C=O) groups is 1. The maximum absolute atomic E-state index is 12.0. The molecule has 1 aromatic carbocycles. The second kappa shape index (κ2) is 9.43. The van der Waals surface area contributed by atoms with Gasteiger partial charge in [-0.2, -0.15) is 10.1 Å². The molecule has 0 aliphatic heterocycles. The summed E-state index contributed by atoms with van der Waals surface area (Å²) in [4.78, 5) is 21.3. The van der Waals surface area contributed by atoms with E-state index in [2.05, 4.69) is 52.8 Å². The molecule has 1 unspecified atom stereocenters. The minimum atomic E-state index is -0.564. The Morgan fingerprint density at radius 2 is 1.94 bits per heavy atom. The molecule has 1 atom stereocenters. The van der Waals surface area contributed by atoms with E-state index in [0.29, 0.717) is 23.5 Å². The van der Waals surface area contributed by atoms with Gasteiger partial charge in [-0.15, -0.1) is 0 Å². The van der Waals surface area contributed by atoms with Crippen LogP contribution in [0.15, 0.2) is 29.3 Å². The smallest absolute Gasteiger partial charge is 0.227 e. The topological polar surface area (TPSA) is 108 Å². The van der Waals surface area contributed by atoms with E-state index in [9.17, 15) is 9.90 Å². The monoisotopic (exact) mass is 424 g/mol. The summed E-state index contributed by atoms with van der Waals surface area (Å²) in [5.74, 6) is 0.849. The minimum absolute atomic E-state index is 0.0238. The van der Waals surface area contributed by atoms with Crippen LogP contribution in [0.25, 0.3) is 11.0 Å². The van der Waals surface area contributed by atoms with Crippen molar-refractivity contribution in [3.63, 3.8) is 0 Å². The summed E-state index contributed by atoms with van der Waals surface area (Å²) in [5.41, 5.74) is 4.80. The highest BCUT2D eigenvalue weighted by Crippen LogP contribution is 2.27. The van der Waals surface area contributed by atoms with Gasteiger partial charge in [0.1, 0.15) is 0 Å². The van der Waals surface area contributed by atoms with Gasteiger partial charge in [-0.1, -0.05) is 38.1 Å². The molecule has 2 aromatic heterocycles.